The quantitative estimate of drug-likeness (QED) is 0.435. The molecule has 3 aromatic rings. The average Bonchev–Trinajstić information content (AvgIpc) is 3.47. The fourth-order valence-corrected chi connectivity index (χ4v) is 5.04. The SMILES string of the molecule is C=CCn1nnnc1SCC(=O)N1N=C(c2cccs2)CC1c1cccs1. The summed E-state index contributed by atoms with van der Waals surface area (Å²) in [6, 6.07) is 8.05. The van der Waals surface area contributed by atoms with Gasteiger partial charge in [0.2, 0.25) is 5.16 Å². The fraction of sp³-hybridized carbons (Fsp3) is 0.235. The number of allylic oxidation sites excluding steroid dienone is 1. The molecule has 1 aliphatic heterocycles. The molecule has 10 heteroatoms. The second-order valence-corrected chi connectivity index (χ2v) is 8.59. The van der Waals surface area contributed by atoms with Crippen LogP contribution in [0.4, 0.5) is 0 Å². The molecule has 138 valence electrons. The standard InChI is InChI=1S/C17H16N6OS3/c1-2-7-22-17(18-20-21-22)27-11-16(24)23-13(15-6-4-9-26-15)10-12(19-23)14-5-3-8-25-14/h2-6,8-9,13H,1,7,10-11H2. The third-order valence-corrected chi connectivity index (χ3v) is 6.80. The van der Waals surface area contributed by atoms with Crippen LogP contribution < -0.4 is 0 Å². The van der Waals surface area contributed by atoms with E-state index >= 15 is 0 Å². The molecule has 0 N–H and O–H groups in total. The number of tetrazole rings is 1. The second kappa shape index (κ2) is 8.15. The summed E-state index contributed by atoms with van der Waals surface area (Å²) >= 11 is 4.60. The van der Waals surface area contributed by atoms with Crippen LogP contribution in [0.25, 0.3) is 0 Å². The number of rotatable bonds is 7. The highest BCUT2D eigenvalue weighted by Crippen LogP contribution is 2.36. The monoisotopic (exact) mass is 416 g/mol. The third kappa shape index (κ3) is 3.87. The molecular formula is C17H16N6OS3. The maximum atomic E-state index is 12.9. The number of thioether (sulfide) groups is 1. The van der Waals surface area contributed by atoms with E-state index in [0.29, 0.717) is 11.7 Å². The Morgan fingerprint density at radius 3 is 2.93 bits per heavy atom. The van der Waals surface area contributed by atoms with Gasteiger partial charge in [0, 0.05) is 11.3 Å². The van der Waals surface area contributed by atoms with Gasteiger partial charge in [0.05, 0.1) is 28.9 Å². The Bertz CT molecular complexity index is 947. The second-order valence-electron chi connectivity index (χ2n) is 5.72. The summed E-state index contributed by atoms with van der Waals surface area (Å²) in [6.07, 6.45) is 2.44. The van der Waals surface area contributed by atoms with E-state index in [4.69, 9.17) is 0 Å². The van der Waals surface area contributed by atoms with Gasteiger partial charge in [-0.15, -0.1) is 34.4 Å². The van der Waals surface area contributed by atoms with Crippen molar-refractivity contribution in [2.45, 2.75) is 24.2 Å². The topological polar surface area (TPSA) is 76.3 Å². The largest absolute Gasteiger partial charge is 0.272 e. The maximum Gasteiger partial charge on any atom is 0.253 e. The molecular weight excluding hydrogens is 400 g/mol. The van der Waals surface area contributed by atoms with Gasteiger partial charge in [0.15, 0.2) is 0 Å². The number of thiophene rings is 2. The zero-order valence-electron chi connectivity index (χ0n) is 14.3. The van der Waals surface area contributed by atoms with Crippen LogP contribution in [0, 0.1) is 0 Å². The van der Waals surface area contributed by atoms with Crippen molar-refractivity contribution in [2.75, 3.05) is 5.75 Å². The average molecular weight is 417 g/mol. The van der Waals surface area contributed by atoms with E-state index in [1.54, 1.807) is 38.4 Å². The van der Waals surface area contributed by atoms with Crippen LogP contribution in [0.2, 0.25) is 0 Å². The van der Waals surface area contributed by atoms with Gasteiger partial charge in [-0.25, -0.2) is 9.69 Å². The van der Waals surface area contributed by atoms with E-state index in [1.165, 1.54) is 11.8 Å². The molecule has 1 aliphatic rings. The lowest BCUT2D eigenvalue weighted by atomic mass is 10.1. The van der Waals surface area contributed by atoms with Crippen molar-refractivity contribution in [1.29, 1.82) is 0 Å². The molecule has 4 rings (SSSR count). The molecule has 4 heterocycles. The van der Waals surface area contributed by atoms with Crippen LogP contribution >= 0.6 is 34.4 Å². The minimum absolute atomic E-state index is 0.0561. The summed E-state index contributed by atoms with van der Waals surface area (Å²) in [5, 5.41) is 22.5. The van der Waals surface area contributed by atoms with Gasteiger partial charge in [-0.3, -0.25) is 4.79 Å². The zero-order valence-corrected chi connectivity index (χ0v) is 16.7. The van der Waals surface area contributed by atoms with Crippen molar-refractivity contribution < 1.29 is 4.79 Å². The molecule has 0 aliphatic carbocycles. The molecule has 3 aromatic heterocycles. The van der Waals surface area contributed by atoms with E-state index in [0.717, 1.165) is 21.9 Å². The molecule has 0 saturated carbocycles. The van der Waals surface area contributed by atoms with Crippen molar-refractivity contribution in [1.82, 2.24) is 25.2 Å². The van der Waals surface area contributed by atoms with Gasteiger partial charge < -0.3 is 0 Å². The first-order chi connectivity index (χ1) is 13.3. The summed E-state index contributed by atoms with van der Waals surface area (Å²) in [4.78, 5) is 15.2. The first-order valence-electron chi connectivity index (χ1n) is 8.23. The molecule has 7 nitrogen and oxygen atoms in total. The number of amides is 1. The Balaban J connectivity index is 1.52. The molecule has 0 aromatic carbocycles. The van der Waals surface area contributed by atoms with Gasteiger partial charge in [0.25, 0.3) is 5.91 Å². The van der Waals surface area contributed by atoms with E-state index in [9.17, 15) is 4.79 Å². The summed E-state index contributed by atoms with van der Waals surface area (Å²) < 4.78 is 1.62. The van der Waals surface area contributed by atoms with E-state index < -0.39 is 0 Å². The Kier molecular flexibility index (Phi) is 5.46. The lowest BCUT2D eigenvalue weighted by Crippen LogP contribution is -2.28. The molecule has 0 fully saturated rings. The summed E-state index contributed by atoms with van der Waals surface area (Å²) in [5.41, 5.74) is 0.957. The van der Waals surface area contributed by atoms with Gasteiger partial charge in [-0.05, 0) is 33.3 Å². The van der Waals surface area contributed by atoms with Gasteiger partial charge in [0.1, 0.15) is 0 Å². The first-order valence-corrected chi connectivity index (χ1v) is 11.0. The van der Waals surface area contributed by atoms with Crippen molar-refractivity contribution in [3.63, 3.8) is 0 Å². The number of aromatic nitrogens is 4. The predicted octanol–water partition coefficient (Wildman–Crippen LogP) is 3.45. The van der Waals surface area contributed by atoms with E-state index in [-0.39, 0.29) is 17.7 Å². The highest BCUT2D eigenvalue weighted by molar-refractivity contribution is 7.99. The fourth-order valence-electron chi connectivity index (χ4n) is 2.76. The summed E-state index contributed by atoms with van der Waals surface area (Å²) in [5.74, 6) is 0.166. The number of carbonyl (C=O) groups is 1. The van der Waals surface area contributed by atoms with Crippen LogP contribution in [0.3, 0.4) is 0 Å². The van der Waals surface area contributed by atoms with Gasteiger partial charge >= 0.3 is 0 Å². The molecule has 1 unspecified atom stereocenters. The summed E-state index contributed by atoms with van der Waals surface area (Å²) in [6.45, 7) is 4.20. The molecule has 0 spiro atoms. The Hall–Kier alpha value is -2.30. The maximum absolute atomic E-state index is 12.9. The van der Waals surface area contributed by atoms with Gasteiger partial charge in [-0.1, -0.05) is 30.0 Å². The van der Waals surface area contributed by atoms with Crippen LogP contribution in [0.5, 0.6) is 0 Å². The highest BCUT2D eigenvalue weighted by atomic mass is 32.2. The van der Waals surface area contributed by atoms with Crippen molar-refractivity contribution in [3.05, 3.63) is 57.4 Å². The lowest BCUT2D eigenvalue weighted by molar-refractivity contribution is -0.130. The Morgan fingerprint density at radius 1 is 1.33 bits per heavy atom. The van der Waals surface area contributed by atoms with Crippen LogP contribution in [0.15, 0.2) is 57.9 Å². The van der Waals surface area contributed by atoms with E-state index in [2.05, 4.69) is 33.3 Å². The third-order valence-electron chi connectivity index (χ3n) is 3.97. The highest BCUT2D eigenvalue weighted by Gasteiger charge is 2.34. The summed E-state index contributed by atoms with van der Waals surface area (Å²) in [7, 11) is 0. The molecule has 0 radical (unpaired) electrons. The lowest BCUT2D eigenvalue weighted by Gasteiger charge is -2.20. The molecule has 1 amide bonds. The smallest absolute Gasteiger partial charge is 0.253 e. The van der Waals surface area contributed by atoms with Crippen molar-refractivity contribution in [3.8, 4) is 0 Å². The zero-order chi connectivity index (χ0) is 18.6. The number of carbonyl (C=O) groups excluding carboxylic acids is 1. The minimum atomic E-state index is -0.0573. The number of hydrazone groups is 1. The van der Waals surface area contributed by atoms with Crippen LogP contribution in [0.1, 0.15) is 22.2 Å². The molecule has 0 saturated heterocycles. The number of hydrogen-bond donors (Lipinski definition) is 0. The van der Waals surface area contributed by atoms with Gasteiger partial charge in [-0.2, -0.15) is 5.10 Å². The number of hydrogen-bond acceptors (Lipinski definition) is 8. The number of nitrogens with zero attached hydrogens (tertiary/aromatic N) is 6. The van der Waals surface area contributed by atoms with Crippen LogP contribution in [-0.2, 0) is 11.3 Å². The molecule has 0 bridgehead atoms. The van der Waals surface area contributed by atoms with Crippen LogP contribution in [-0.4, -0.2) is 42.6 Å². The molecule has 1 atom stereocenters. The minimum Gasteiger partial charge on any atom is -0.272 e. The predicted molar refractivity (Wildman–Crippen MR) is 108 cm³/mol. The Morgan fingerprint density at radius 2 is 2.19 bits per heavy atom. The molecule has 27 heavy (non-hydrogen) atoms. The van der Waals surface area contributed by atoms with Crippen molar-refractivity contribution >= 4 is 46.1 Å². The Labute approximate surface area is 168 Å². The first kappa shape index (κ1) is 18.1. The van der Waals surface area contributed by atoms with E-state index in [1.807, 2.05) is 29.0 Å². The van der Waals surface area contributed by atoms with Crippen molar-refractivity contribution in [2.24, 2.45) is 5.10 Å². The normalized spacial score (nSPS) is 16.5.